The Hall–Kier alpha value is -3.18. The minimum absolute atomic E-state index is 0.00441. The Bertz CT molecular complexity index is 1520. The van der Waals surface area contributed by atoms with E-state index in [-0.39, 0.29) is 5.56 Å². The molecule has 0 saturated heterocycles. The highest BCUT2D eigenvalue weighted by Crippen LogP contribution is 2.25. The van der Waals surface area contributed by atoms with Crippen molar-refractivity contribution < 1.29 is 0 Å². The molecule has 0 atom stereocenters. The van der Waals surface area contributed by atoms with E-state index in [0.717, 1.165) is 32.9 Å². The van der Waals surface area contributed by atoms with E-state index in [4.69, 9.17) is 0 Å². The maximum atomic E-state index is 13.1. The standard InChI is InChI=1S/C24H21N3OS/c1-14-8-7-11-20(16(14)3)26-15(2)12-18(17(26)4)13-22-23(28)27-21-10-6-5-9-19(21)25-24(27)29-22/h5-13H,1-4H3/b22-13-. The molecule has 0 aliphatic carbocycles. The number of aryl methyl sites for hydroxylation is 2. The van der Waals surface area contributed by atoms with Crippen LogP contribution in [-0.2, 0) is 0 Å². The zero-order chi connectivity index (χ0) is 20.3. The van der Waals surface area contributed by atoms with Crippen molar-refractivity contribution in [2.75, 3.05) is 0 Å². The van der Waals surface area contributed by atoms with Gasteiger partial charge in [-0.1, -0.05) is 35.6 Å². The normalized spacial score (nSPS) is 12.5. The molecule has 0 amide bonds. The Labute approximate surface area is 172 Å². The quantitative estimate of drug-likeness (QED) is 0.439. The molecule has 144 valence electrons. The smallest absolute Gasteiger partial charge is 0.274 e. The van der Waals surface area contributed by atoms with Crippen LogP contribution < -0.4 is 10.1 Å². The highest BCUT2D eigenvalue weighted by Gasteiger charge is 2.14. The van der Waals surface area contributed by atoms with Gasteiger partial charge in [0.05, 0.1) is 15.6 Å². The van der Waals surface area contributed by atoms with Crippen LogP contribution in [0.2, 0.25) is 0 Å². The lowest BCUT2D eigenvalue weighted by molar-refractivity contribution is 0.950. The Morgan fingerprint density at radius 2 is 1.79 bits per heavy atom. The molecule has 3 heterocycles. The number of imidazole rings is 1. The molecule has 5 heteroatoms. The third-order valence-corrected chi connectivity index (χ3v) is 6.69. The van der Waals surface area contributed by atoms with Gasteiger partial charge in [0, 0.05) is 17.1 Å². The van der Waals surface area contributed by atoms with Crippen molar-refractivity contribution in [2.24, 2.45) is 0 Å². The number of nitrogens with zero attached hydrogens (tertiary/aromatic N) is 3. The van der Waals surface area contributed by atoms with Crippen molar-refractivity contribution in [3.05, 3.63) is 91.5 Å². The van der Waals surface area contributed by atoms with E-state index in [9.17, 15) is 4.79 Å². The van der Waals surface area contributed by atoms with E-state index in [1.165, 1.54) is 28.2 Å². The Balaban J connectivity index is 1.72. The van der Waals surface area contributed by atoms with Crippen LogP contribution in [0.4, 0.5) is 0 Å². The van der Waals surface area contributed by atoms with Crippen molar-refractivity contribution >= 4 is 33.4 Å². The first-order valence-corrected chi connectivity index (χ1v) is 10.4. The van der Waals surface area contributed by atoms with Gasteiger partial charge in [-0.15, -0.1) is 0 Å². The third-order valence-electron chi connectivity index (χ3n) is 5.72. The van der Waals surface area contributed by atoms with E-state index >= 15 is 0 Å². The summed E-state index contributed by atoms with van der Waals surface area (Å²) in [5.41, 5.74) is 8.80. The number of aromatic nitrogens is 3. The molecule has 0 N–H and O–H groups in total. The zero-order valence-corrected chi connectivity index (χ0v) is 17.7. The second-order valence-electron chi connectivity index (χ2n) is 7.52. The molecule has 0 radical (unpaired) electrons. The molecule has 5 aromatic rings. The Kier molecular flexibility index (Phi) is 3.96. The summed E-state index contributed by atoms with van der Waals surface area (Å²) in [4.78, 5) is 18.4. The van der Waals surface area contributed by atoms with Crippen LogP contribution in [-0.4, -0.2) is 14.0 Å². The van der Waals surface area contributed by atoms with Crippen molar-refractivity contribution in [2.45, 2.75) is 27.7 Å². The topological polar surface area (TPSA) is 39.3 Å². The molecule has 2 aromatic carbocycles. The zero-order valence-electron chi connectivity index (χ0n) is 16.9. The molecule has 3 aromatic heterocycles. The third kappa shape index (κ3) is 2.65. The molecule has 0 spiro atoms. The van der Waals surface area contributed by atoms with Gasteiger partial charge in [-0.2, -0.15) is 0 Å². The predicted octanol–water partition coefficient (Wildman–Crippen LogP) is 4.48. The van der Waals surface area contributed by atoms with Gasteiger partial charge in [0.1, 0.15) is 0 Å². The Morgan fingerprint density at radius 1 is 1.00 bits per heavy atom. The van der Waals surface area contributed by atoms with E-state index < -0.39 is 0 Å². The molecule has 0 fully saturated rings. The number of fused-ring (bicyclic) bond motifs is 3. The monoisotopic (exact) mass is 399 g/mol. The van der Waals surface area contributed by atoms with Crippen molar-refractivity contribution in [3.8, 4) is 5.69 Å². The van der Waals surface area contributed by atoms with Gasteiger partial charge in [-0.05, 0) is 74.7 Å². The molecule has 0 aliphatic heterocycles. The van der Waals surface area contributed by atoms with Crippen LogP contribution >= 0.6 is 11.3 Å². The molecule has 4 nitrogen and oxygen atoms in total. The van der Waals surface area contributed by atoms with Gasteiger partial charge in [-0.25, -0.2) is 9.38 Å². The van der Waals surface area contributed by atoms with Gasteiger partial charge in [0.25, 0.3) is 5.56 Å². The van der Waals surface area contributed by atoms with Crippen LogP contribution in [0.25, 0.3) is 27.8 Å². The first-order chi connectivity index (χ1) is 14.0. The van der Waals surface area contributed by atoms with E-state index in [1.807, 2.05) is 30.3 Å². The average Bonchev–Trinajstić information content (AvgIpc) is 3.30. The summed E-state index contributed by atoms with van der Waals surface area (Å²) in [6, 6.07) is 16.3. The molecular weight excluding hydrogens is 378 g/mol. The van der Waals surface area contributed by atoms with E-state index in [2.05, 4.69) is 61.5 Å². The number of hydrogen-bond donors (Lipinski definition) is 0. The van der Waals surface area contributed by atoms with Gasteiger partial charge in [0.2, 0.25) is 0 Å². The predicted molar refractivity (Wildman–Crippen MR) is 120 cm³/mol. The van der Waals surface area contributed by atoms with Crippen molar-refractivity contribution in [3.63, 3.8) is 0 Å². The molecule has 29 heavy (non-hydrogen) atoms. The second-order valence-corrected chi connectivity index (χ2v) is 8.52. The lowest BCUT2D eigenvalue weighted by Crippen LogP contribution is -2.22. The number of benzene rings is 2. The lowest BCUT2D eigenvalue weighted by atomic mass is 10.1. The summed E-state index contributed by atoms with van der Waals surface area (Å²) in [6.07, 6.45) is 2.00. The highest BCUT2D eigenvalue weighted by molar-refractivity contribution is 7.15. The molecule has 0 aliphatic rings. The van der Waals surface area contributed by atoms with E-state index in [0.29, 0.717) is 4.53 Å². The molecule has 0 bridgehead atoms. The minimum atomic E-state index is -0.00441. The average molecular weight is 400 g/mol. The maximum absolute atomic E-state index is 13.1. The molecular formula is C24H21N3OS. The SMILES string of the molecule is Cc1cccc(-n2c(C)cc(/C=c3\sc4nc5ccccc5n4c3=O)c2C)c1C. The number of rotatable bonds is 2. The fourth-order valence-corrected chi connectivity index (χ4v) is 5.01. The van der Waals surface area contributed by atoms with Gasteiger partial charge < -0.3 is 4.57 Å². The van der Waals surface area contributed by atoms with Gasteiger partial charge in [0.15, 0.2) is 4.96 Å². The van der Waals surface area contributed by atoms with Crippen LogP contribution in [0.1, 0.15) is 28.1 Å². The fourth-order valence-electron chi connectivity index (χ4n) is 4.04. The Morgan fingerprint density at radius 3 is 2.62 bits per heavy atom. The summed E-state index contributed by atoms with van der Waals surface area (Å²) in [5.74, 6) is 0. The van der Waals surface area contributed by atoms with Crippen LogP contribution in [0.15, 0.2) is 53.3 Å². The van der Waals surface area contributed by atoms with Gasteiger partial charge in [-0.3, -0.25) is 4.79 Å². The largest absolute Gasteiger partial charge is 0.318 e. The van der Waals surface area contributed by atoms with Crippen LogP contribution in [0.5, 0.6) is 0 Å². The maximum Gasteiger partial charge on any atom is 0.274 e. The van der Waals surface area contributed by atoms with Crippen LogP contribution in [0, 0.1) is 27.7 Å². The number of thiazole rings is 1. The summed E-state index contributed by atoms with van der Waals surface area (Å²) >= 11 is 1.44. The molecule has 5 rings (SSSR count). The minimum Gasteiger partial charge on any atom is -0.318 e. The fraction of sp³-hybridized carbons (Fsp3) is 0.167. The van der Waals surface area contributed by atoms with Crippen LogP contribution in [0.3, 0.4) is 0 Å². The summed E-state index contributed by atoms with van der Waals surface area (Å²) in [5, 5.41) is 0. The van der Waals surface area contributed by atoms with E-state index in [1.54, 1.807) is 4.40 Å². The molecule has 0 saturated carbocycles. The number of para-hydroxylation sites is 2. The van der Waals surface area contributed by atoms with Crippen molar-refractivity contribution in [1.29, 1.82) is 0 Å². The first-order valence-electron chi connectivity index (χ1n) is 9.63. The first kappa shape index (κ1) is 17.9. The summed E-state index contributed by atoms with van der Waals surface area (Å²) in [6.45, 7) is 8.51. The lowest BCUT2D eigenvalue weighted by Gasteiger charge is -2.14. The second kappa shape index (κ2) is 6.42. The molecule has 0 unspecified atom stereocenters. The van der Waals surface area contributed by atoms with Crippen molar-refractivity contribution in [1.82, 2.24) is 14.0 Å². The highest BCUT2D eigenvalue weighted by atomic mass is 32.1. The van der Waals surface area contributed by atoms with Gasteiger partial charge >= 0.3 is 0 Å². The summed E-state index contributed by atoms with van der Waals surface area (Å²) in [7, 11) is 0. The summed E-state index contributed by atoms with van der Waals surface area (Å²) < 4.78 is 4.70. The number of hydrogen-bond acceptors (Lipinski definition) is 3.